The fraction of sp³-hybridized carbons (Fsp3) is 0.941. The molecule has 0 saturated heterocycles. The van der Waals surface area contributed by atoms with Crippen molar-refractivity contribution in [3.05, 3.63) is 0 Å². The van der Waals surface area contributed by atoms with E-state index in [9.17, 15) is 9.82 Å². The van der Waals surface area contributed by atoms with Gasteiger partial charge in [-0.1, -0.05) is 0 Å². The van der Waals surface area contributed by atoms with Gasteiger partial charge in [-0.25, -0.2) is 0 Å². The van der Waals surface area contributed by atoms with Crippen molar-refractivity contribution in [2.24, 2.45) is 0 Å². The van der Waals surface area contributed by atoms with E-state index in [0.717, 1.165) is 52.1 Å². The lowest BCUT2D eigenvalue weighted by molar-refractivity contribution is -0.118. The van der Waals surface area contributed by atoms with Crippen molar-refractivity contribution in [2.45, 2.75) is 45.9 Å². The average molecular weight is 342 g/mol. The molecule has 1 amide bonds. The molecule has 142 valence electrons. The first-order chi connectivity index (χ1) is 11.3. The quantitative estimate of drug-likeness (QED) is 0.343. The van der Waals surface area contributed by atoms with Gasteiger partial charge in [0.05, 0.1) is 0 Å². The summed E-state index contributed by atoms with van der Waals surface area (Å²) in [7, 11) is 5.95. The number of unbranched alkanes of at least 4 members (excludes halogenated alkanes) is 2. The van der Waals surface area contributed by atoms with Crippen molar-refractivity contribution in [1.82, 2.24) is 19.9 Å². The number of rotatable bonds is 15. The number of carbonyl (C=O) groups is 1. The molecule has 24 heavy (non-hydrogen) atoms. The molecular weight excluding hydrogens is 303 g/mol. The minimum absolute atomic E-state index is 0.0539. The second-order valence-electron chi connectivity index (χ2n) is 6.97. The van der Waals surface area contributed by atoms with Gasteiger partial charge in [-0.2, -0.15) is 0 Å². The average Bonchev–Trinajstić information content (AvgIpc) is 2.51. The lowest BCUT2D eigenvalue weighted by Crippen LogP contribution is -2.34. The summed E-state index contributed by atoms with van der Waals surface area (Å²) >= 11 is 0. The smallest absolute Gasteiger partial charge is 0.376 e. The van der Waals surface area contributed by atoms with Gasteiger partial charge in [-0.3, -0.25) is 4.79 Å². The van der Waals surface area contributed by atoms with Gasteiger partial charge < -0.3 is 25.0 Å². The van der Waals surface area contributed by atoms with Crippen molar-refractivity contribution in [3.63, 3.8) is 0 Å². The van der Waals surface area contributed by atoms with Crippen LogP contribution in [0.4, 0.5) is 0 Å². The summed E-state index contributed by atoms with van der Waals surface area (Å²) in [5, 5.41) is 12.2. The molecule has 0 radical (unpaired) electrons. The van der Waals surface area contributed by atoms with E-state index < -0.39 is 0 Å². The van der Waals surface area contributed by atoms with Crippen LogP contribution in [-0.4, -0.2) is 93.0 Å². The van der Waals surface area contributed by atoms with E-state index in [1.165, 1.54) is 19.3 Å². The van der Waals surface area contributed by atoms with E-state index in [1.807, 2.05) is 18.7 Å². The molecule has 0 unspecified atom stereocenters. The zero-order chi connectivity index (χ0) is 18.4. The summed E-state index contributed by atoms with van der Waals surface area (Å²) in [6.07, 6.45) is 5.75. The van der Waals surface area contributed by atoms with Gasteiger partial charge >= 0.3 is 7.05 Å². The highest BCUT2D eigenvalue weighted by Crippen LogP contribution is 2.00. The number of amides is 1. The molecule has 0 bridgehead atoms. The lowest BCUT2D eigenvalue weighted by atomic mass is 9.86. The SMILES string of the molecule is CB(O)N(C)CCCCN(C)CCCCN(C)CCCNC(C)=O. The summed E-state index contributed by atoms with van der Waals surface area (Å²) in [5.74, 6) is 0.0539. The summed E-state index contributed by atoms with van der Waals surface area (Å²) in [5.41, 5.74) is 0. The topological polar surface area (TPSA) is 59.1 Å². The third-order valence-corrected chi connectivity index (χ3v) is 4.36. The number of carbonyl (C=O) groups excluding carboxylic acids is 1. The molecular formula is C17H39BN4O2. The van der Waals surface area contributed by atoms with Crippen molar-refractivity contribution < 1.29 is 9.82 Å². The second kappa shape index (κ2) is 14.7. The first kappa shape index (κ1) is 23.4. The first-order valence-electron chi connectivity index (χ1n) is 9.32. The van der Waals surface area contributed by atoms with Gasteiger partial charge in [0.25, 0.3) is 0 Å². The van der Waals surface area contributed by atoms with Crippen LogP contribution in [0.15, 0.2) is 0 Å². The van der Waals surface area contributed by atoms with E-state index in [4.69, 9.17) is 0 Å². The molecule has 0 saturated carbocycles. The van der Waals surface area contributed by atoms with Crippen LogP contribution >= 0.6 is 0 Å². The predicted octanol–water partition coefficient (Wildman–Crippen LogP) is 0.979. The Morgan fingerprint density at radius 1 is 0.875 bits per heavy atom. The van der Waals surface area contributed by atoms with Crippen molar-refractivity contribution in [2.75, 3.05) is 60.4 Å². The number of hydrogen-bond acceptors (Lipinski definition) is 5. The largest absolute Gasteiger partial charge is 0.437 e. The maximum Gasteiger partial charge on any atom is 0.376 e. The fourth-order valence-corrected chi connectivity index (χ4v) is 2.53. The Morgan fingerprint density at radius 2 is 1.29 bits per heavy atom. The van der Waals surface area contributed by atoms with E-state index >= 15 is 0 Å². The Morgan fingerprint density at radius 3 is 1.71 bits per heavy atom. The Kier molecular flexibility index (Phi) is 14.3. The van der Waals surface area contributed by atoms with Gasteiger partial charge in [-0.05, 0) is 92.8 Å². The summed E-state index contributed by atoms with van der Waals surface area (Å²) in [6.45, 7) is 9.52. The van der Waals surface area contributed by atoms with Crippen LogP contribution in [0, 0.1) is 0 Å². The monoisotopic (exact) mass is 342 g/mol. The highest BCUT2D eigenvalue weighted by molar-refractivity contribution is 6.45. The molecule has 2 N–H and O–H groups in total. The molecule has 0 atom stereocenters. The summed E-state index contributed by atoms with van der Waals surface area (Å²) < 4.78 is 0. The second-order valence-corrected chi connectivity index (χ2v) is 6.97. The van der Waals surface area contributed by atoms with E-state index in [1.54, 1.807) is 6.92 Å². The lowest BCUT2D eigenvalue weighted by Gasteiger charge is -2.20. The molecule has 0 rings (SSSR count). The predicted molar refractivity (Wildman–Crippen MR) is 103 cm³/mol. The van der Waals surface area contributed by atoms with Gasteiger partial charge in [-0.15, -0.1) is 0 Å². The van der Waals surface area contributed by atoms with Crippen LogP contribution in [-0.2, 0) is 4.79 Å². The van der Waals surface area contributed by atoms with Crippen LogP contribution < -0.4 is 5.32 Å². The number of nitrogens with zero attached hydrogens (tertiary/aromatic N) is 3. The van der Waals surface area contributed by atoms with Crippen LogP contribution in [0.3, 0.4) is 0 Å². The van der Waals surface area contributed by atoms with Gasteiger partial charge in [0.15, 0.2) is 0 Å². The fourth-order valence-electron chi connectivity index (χ4n) is 2.53. The van der Waals surface area contributed by atoms with Gasteiger partial charge in [0.1, 0.15) is 0 Å². The Labute approximate surface area is 149 Å². The van der Waals surface area contributed by atoms with Crippen LogP contribution in [0.1, 0.15) is 39.0 Å². The zero-order valence-electron chi connectivity index (χ0n) is 16.6. The molecule has 0 aliphatic carbocycles. The minimum atomic E-state index is -0.349. The minimum Gasteiger partial charge on any atom is -0.437 e. The van der Waals surface area contributed by atoms with Crippen molar-refractivity contribution in [3.8, 4) is 0 Å². The van der Waals surface area contributed by atoms with Gasteiger partial charge in [0.2, 0.25) is 5.91 Å². The third kappa shape index (κ3) is 14.9. The summed E-state index contributed by atoms with van der Waals surface area (Å²) in [6, 6.07) is 0. The van der Waals surface area contributed by atoms with E-state index in [-0.39, 0.29) is 13.0 Å². The normalized spacial score (nSPS) is 11.5. The Balaban J connectivity index is 3.44. The van der Waals surface area contributed by atoms with Crippen LogP contribution in [0.2, 0.25) is 6.82 Å². The molecule has 0 fully saturated rings. The Hall–Kier alpha value is -0.625. The highest BCUT2D eigenvalue weighted by Gasteiger charge is 2.09. The standard InChI is InChI=1S/C17H39BN4O2/c1-17(23)19-11-10-15-21(4)13-7-6-12-20(3)14-8-9-16-22(5)18(2)24/h24H,6-16H2,1-5H3,(H,19,23). The molecule has 0 aromatic carbocycles. The molecule has 0 aliphatic heterocycles. The first-order valence-corrected chi connectivity index (χ1v) is 9.32. The van der Waals surface area contributed by atoms with Crippen molar-refractivity contribution >= 4 is 13.0 Å². The maximum absolute atomic E-state index is 10.8. The molecule has 0 heterocycles. The number of hydrogen-bond donors (Lipinski definition) is 2. The molecule has 6 nitrogen and oxygen atoms in total. The molecule has 0 aliphatic rings. The molecule has 0 aromatic heterocycles. The molecule has 0 aromatic rings. The van der Waals surface area contributed by atoms with Crippen LogP contribution in [0.5, 0.6) is 0 Å². The molecule has 0 spiro atoms. The van der Waals surface area contributed by atoms with Crippen molar-refractivity contribution in [1.29, 1.82) is 0 Å². The zero-order valence-corrected chi connectivity index (χ0v) is 16.6. The van der Waals surface area contributed by atoms with Gasteiger partial charge in [0, 0.05) is 13.5 Å². The van der Waals surface area contributed by atoms with E-state index in [0.29, 0.717) is 0 Å². The summed E-state index contributed by atoms with van der Waals surface area (Å²) in [4.78, 5) is 17.5. The third-order valence-electron chi connectivity index (χ3n) is 4.36. The Bertz CT molecular complexity index is 319. The molecule has 7 heteroatoms. The highest BCUT2D eigenvalue weighted by atomic mass is 16.2. The maximum atomic E-state index is 10.8. The van der Waals surface area contributed by atoms with Crippen LogP contribution in [0.25, 0.3) is 0 Å². The van der Waals surface area contributed by atoms with E-state index in [2.05, 4.69) is 29.2 Å². The number of nitrogens with one attached hydrogen (secondary N) is 1.